The smallest absolute Gasteiger partial charge is 0.164 e. The fourth-order valence-corrected chi connectivity index (χ4v) is 9.86. The molecular formula is C51H36N4O. The first-order valence-corrected chi connectivity index (χ1v) is 19.7. The SMILES string of the molecule is c1ccc(-c2nc(-c3ccccc3)nc(-c3ccc4c5cc6c(cc5n(-c5ccc7c(c5)oc5ccccc57)c4c3)-c3ccccc3C63CCCCC3)n2)cc1. The highest BCUT2D eigenvalue weighted by Gasteiger charge is 2.44. The molecule has 1 saturated carbocycles. The van der Waals surface area contributed by atoms with Gasteiger partial charge < -0.3 is 8.98 Å². The van der Waals surface area contributed by atoms with Crippen molar-refractivity contribution in [2.24, 2.45) is 0 Å². The highest BCUT2D eigenvalue weighted by molar-refractivity contribution is 6.13. The van der Waals surface area contributed by atoms with Gasteiger partial charge in [-0.15, -0.1) is 0 Å². The molecule has 7 aromatic carbocycles. The molecule has 12 rings (SSSR count). The Kier molecular flexibility index (Phi) is 6.79. The van der Waals surface area contributed by atoms with Gasteiger partial charge in [0.05, 0.1) is 11.0 Å². The van der Waals surface area contributed by atoms with Crippen molar-refractivity contribution in [1.29, 1.82) is 0 Å². The summed E-state index contributed by atoms with van der Waals surface area (Å²) in [5.41, 5.74) is 13.7. The van der Waals surface area contributed by atoms with Crippen molar-refractivity contribution in [3.63, 3.8) is 0 Å². The third-order valence-corrected chi connectivity index (χ3v) is 12.4. The second-order valence-electron chi connectivity index (χ2n) is 15.5. The van der Waals surface area contributed by atoms with Crippen molar-refractivity contribution in [3.8, 4) is 51.0 Å². The second kappa shape index (κ2) is 12.1. The van der Waals surface area contributed by atoms with Crippen LogP contribution in [0.2, 0.25) is 0 Å². The van der Waals surface area contributed by atoms with Gasteiger partial charge in [-0.05, 0) is 71.5 Å². The lowest BCUT2D eigenvalue weighted by Crippen LogP contribution is -2.27. The highest BCUT2D eigenvalue weighted by atomic mass is 16.3. The van der Waals surface area contributed by atoms with Gasteiger partial charge >= 0.3 is 0 Å². The lowest BCUT2D eigenvalue weighted by Gasteiger charge is -2.36. The summed E-state index contributed by atoms with van der Waals surface area (Å²) in [6.45, 7) is 0. The molecule has 2 aliphatic rings. The zero-order chi connectivity index (χ0) is 36.8. The van der Waals surface area contributed by atoms with E-state index in [1.54, 1.807) is 0 Å². The maximum absolute atomic E-state index is 6.47. The Hall–Kier alpha value is -6.85. The van der Waals surface area contributed by atoms with Crippen LogP contribution in [-0.2, 0) is 5.41 Å². The first-order valence-electron chi connectivity index (χ1n) is 19.7. The maximum Gasteiger partial charge on any atom is 0.164 e. The summed E-state index contributed by atoms with van der Waals surface area (Å²) in [4.78, 5) is 15.2. The number of hydrogen-bond acceptors (Lipinski definition) is 4. The van der Waals surface area contributed by atoms with Gasteiger partial charge in [0.25, 0.3) is 0 Å². The van der Waals surface area contributed by atoms with E-state index in [2.05, 4.69) is 114 Å². The number of aromatic nitrogens is 4. The molecule has 0 amide bonds. The minimum Gasteiger partial charge on any atom is -0.456 e. The predicted octanol–water partition coefficient (Wildman–Crippen LogP) is 13.1. The minimum atomic E-state index is 0.0620. The summed E-state index contributed by atoms with van der Waals surface area (Å²) < 4.78 is 8.90. The molecule has 3 aromatic heterocycles. The summed E-state index contributed by atoms with van der Waals surface area (Å²) in [6, 6.07) is 56.2. The minimum absolute atomic E-state index is 0.0620. The average molecular weight is 721 g/mol. The Morgan fingerprint density at radius 1 is 0.429 bits per heavy atom. The van der Waals surface area contributed by atoms with Gasteiger partial charge in [0.1, 0.15) is 11.2 Å². The molecule has 266 valence electrons. The van der Waals surface area contributed by atoms with E-state index in [9.17, 15) is 0 Å². The van der Waals surface area contributed by atoms with Crippen LogP contribution in [0.15, 0.2) is 162 Å². The second-order valence-corrected chi connectivity index (χ2v) is 15.5. The highest BCUT2D eigenvalue weighted by Crippen LogP contribution is 2.57. The fourth-order valence-electron chi connectivity index (χ4n) is 9.86. The Morgan fingerprint density at radius 3 is 1.82 bits per heavy atom. The number of rotatable bonds is 4. The number of para-hydroxylation sites is 1. The van der Waals surface area contributed by atoms with Gasteiger partial charge in [0.2, 0.25) is 0 Å². The molecule has 10 aromatic rings. The van der Waals surface area contributed by atoms with Crippen molar-refractivity contribution in [2.45, 2.75) is 37.5 Å². The van der Waals surface area contributed by atoms with E-state index in [1.807, 2.05) is 48.5 Å². The zero-order valence-electron chi connectivity index (χ0n) is 30.7. The molecule has 1 fully saturated rings. The summed E-state index contributed by atoms with van der Waals surface area (Å²) >= 11 is 0. The quantitative estimate of drug-likeness (QED) is 0.182. The monoisotopic (exact) mass is 720 g/mol. The topological polar surface area (TPSA) is 56.7 Å². The normalized spacial score (nSPS) is 14.6. The molecule has 5 heteroatoms. The molecule has 0 bridgehead atoms. The molecule has 0 aliphatic heterocycles. The van der Waals surface area contributed by atoms with Crippen molar-refractivity contribution in [3.05, 3.63) is 169 Å². The van der Waals surface area contributed by atoms with E-state index in [0.717, 1.165) is 49.8 Å². The number of furan rings is 1. The van der Waals surface area contributed by atoms with Crippen molar-refractivity contribution < 1.29 is 4.42 Å². The summed E-state index contributed by atoms with van der Waals surface area (Å²) in [7, 11) is 0. The van der Waals surface area contributed by atoms with Gasteiger partial charge in [0, 0.05) is 55.4 Å². The zero-order valence-corrected chi connectivity index (χ0v) is 30.7. The number of nitrogens with zero attached hydrogens (tertiary/aromatic N) is 4. The predicted molar refractivity (Wildman–Crippen MR) is 227 cm³/mol. The number of hydrogen-bond donors (Lipinski definition) is 0. The van der Waals surface area contributed by atoms with E-state index in [4.69, 9.17) is 19.4 Å². The van der Waals surface area contributed by atoms with E-state index < -0.39 is 0 Å². The first kappa shape index (κ1) is 31.5. The molecule has 0 radical (unpaired) electrons. The maximum atomic E-state index is 6.47. The van der Waals surface area contributed by atoms with E-state index in [1.165, 1.54) is 70.6 Å². The lowest BCUT2D eigenvalue weighted by atomic mass is 9.68. The summed E-state index contributed by atoms with van der Waals surface area (Å²) in [5, 5.41) is 4.72. The van der Waals surface area contributed by atoms with E-state index >= 15 is 0 Å². The lowest BCUT2D eigenvalue weighted by molar-refractivity contribution is 0.353. The van der Waals surface area contributed by atoms with Crippen LogP contribution in [0.3, 0.4) is 0 Å². The van der Waals surface area contributed by atoms with Crippen LogP contribution in [0.1, 0.15) is 43.2 Å². The number of benzene rings is 7. The van der Waals surface area contributed by atoms with Crippen LogP contribution < -0.4 is 0 Å². The standard InChI is InChI=1S/C51H36N4O/c1-4-14-32(15-5-1)48-52-49(33-16-6-2-7-17-33)54-50(53-48)34-22-24-37-41-30-43-40(36-18-8-10-20-42(36)51(43)26-12-3-13-27-51)31-45(41)55(44(37)28-34)35-23-25-39-38-19-9-11-21-46(38)56-47(39)29-35/h1-2,4-11,14-25,28-31H,3,12-13,26-27H2. The Bertz CT molecular complexity index is 3110. The molecule has 5 nitrogen and oxygen atoms in total. The van der Waals surface area contributed by atoms with Crippen LogP contribution in [0.25, 0.3) is 94.7 Å². The molecule has 0 N–H and O–H groups in total. The molecule has 1 spiro atoms. The van der Waals surface area contributed by atoms with Crippen molar-refractivity contribution >= 4 is 43.7 Å². The molecule has 56 heavy (non-hydrogen) atoms. The van der Waals surface area contributed by atoms with Gasteiger partial charge in [-0.2, -0.15) is 0 Å². The molecular weight excluding hydrogens is 685 g/mol. The molecule has 0 saturated heterocycles. The van der Waals surface area contributed by atoms with Crippen LogP contribution in [0.5, 0.6) is 0 Å². The van der Waals surface area contributed by atoms with Crippen LogP contribution in [0, 0.1) is 0 Å². The van der Waals surface area contributed by atoms with Crippen LogP contribution in [0.4, 0.5) is 0 Å². The Morgan fingerprint density at radius 2 is 1.05 bits per heavy atom. The third-order valence-electron chi connectivity index (χ3n) is 12.4. The Balaban J connectivity index is 1.14. The molecule has 2 aliphatic carbocycles. The van der Waals surface area contributed by atoms with Crippen molar-refractivity contribution in [1.82, 2.24) is 19.5 Å². The summed E-state index contributed by atoms with van der Waals surface area (Å²) in [5.74, 6) is 1.94. The van der Waals surface area contributed by atoms with Gasteiger partial charge in [-0.25, -0.2) is 15.0 Å². The Labute approximate surface area is 323 Å². The first-order chi connectivity index (χ1) is 27.7. The summed E-state index contributed by atoms with van der Waals surface area (Å²) in [6.07, 6.45) is 6.22. The third kappa shape index (κ3) is 4.64. The van der Waals surface area contributed by atoms with Crippen molar-refractivity contribution in [2.75, 3.05) is 0 Å². The fraction of sp³-hybridized carbons (Fsp3) is 0.118. The van der Waals surface area contributed by atoms with Crippen LogP contribution in [-0.4, -0.2) is 19.5 Å². The number of fused-ring (bicyclic) bond motifs is 11. The average Bonchev–Trinajstić information content (AvgIpc) is 3.89. The van der Waals surface area contributed by atoms with Gasteiger partial charge in [0.15, 0.2) is 17.5 Å². The van der Waals surface area contributed by atoms with E-state index in [-0.39, 0.29) is 5.41 Å². The largest absolute Gasteiger partial charge is 0.456 e. The molecule has 0 unspecified atom stereocenters. The van der Waals surface area contributed by atoms with Gasteiger partial charge in [-0.3, -0.25) is 0 Å². The van der Waals surface area contributed by atoms with Crippen LogP contribution >= 0.6 is 0 Å². The van der Waals surface area contributed by atoms with Gasteiger partial charge in [-0.1, -0.05) is 135 Å². The van der Waals surface area contributed by atoms with E-state index in [0.29, 0.717) is 17.5 Å². The molecule has 3 heterocycles. The molecule has 0 atom stereocenters.